The molecule has 2 bridgehead atoms. The summed E-state index contributed by atoms with van der Waals surface area (Å²) in [6.07, 6.45) is -2.54. The van der Waals surface area contributed by atoms with Crippen LogP contribution in [0.4, 0.5) is 0 Å². The van der Waals surface area contributed by atoms with Gasteiger partial charge in [-0.15, -0.1) is 0 Å². The van der Waals surface area contributed by atoms with Crippen LogP contribution in [-0.2, 0) is 14.3 Å². The quantitative estimate of drug-likeness (QED) is 0.623. The molecule has 0 unspecified atom stereocenters. The molecule has 0 radical (unpaired) electrons. The number of hydrogen-bond donors (Lipinski definition) is 1. The maximum absolute atomic E-state index is 12.3. The summed E-state index contributed by atoms with van der Waals surface area (Å²) < 4.78 is 16.2. The molecule has 2 heterocycles. The fraction of sp³-hybridized carbons (Fsp3) is 0.615. The number of fused-ring (bicyclic) bond motifs is 2. The van der Waals surface area contributed by atoms with Crippen molar-refractivity contribution in [2.24, 2.45) is 0 Å². The van der Waals surface area contributed by atoms with E-state index in [1.165, 1.54) is 12.3 Å². The third-order valence-corrected chi connectivity index (χ3v) is 3.85. The van der Waals surface area contributed by atoms with Gasteiger partial charge in [-0.25, -0.2) is 0 Å². The van der Waals surface area contributed by atoms with Crippen molar-refractivity contribution >= 4 is 5.78 Å². The van der Waals surface area contributed by atoms with E-state index < -0.39 is 46.8 Å². The lowest BCUT2D eigenvalue weighted by molar-refractivity contribution is -0.551. The van der Waals surface area contributed by atoms with Crippen LogP contribution in [0.15, 0.2) is 22.8 Å². The van der Waals surface area contributed by atoms with Gasteiger partial charge in [-0.1, -0.05) is 0 Å². The van der Waals surface area contributed by atoms with Crippen molar-refractivity contribution in [2.45, 2.75) is 49.9 Å². The Morgan fingerprint density at radius 2 is 2.00 bits per heavy atom. The molecule has 8 nitrogen and oxygen atoms in total. The first kappa shape index (κ1) is 14.2. The SMILES string of the molecule is CC1(C)O[C@@H]2C(=O)[C@H](O1)[C@H](c1ccco1)[C@@H]([N+](=O)[O-])[C@@H]2O. The number of rotatable bonds is 2. The topological polar surface area (TPSA) is 112 Å². The molecule has 1 aromatic rings. The number of nitro groups is 1. The van der Waals surface area contributed by atoms with Gasteiger partial charge in [-0.3, -0.25) is 14.9 Å². The minimum Gasteiger partial charge on any atom is -0.469 e. The van der Waals surface area contributed by atoms with Crippen molar-refractivity contribution in [3.05, 3.63) is 34.3 Å². The maximum Gasteiger partial charge on any atom is 0.254 e. The van der Waals surface area contributed by atoms with Crippen LogP contribution in [0.1, 0.15) is 25.5 Å². The van der Waals surface area contributed by atoms with Crippen LogP contribution in [-0.4, -0.2) is 46.0 Å². The third-order valence-electron chi connectivity index (χ3n) is 3.85. The monoisotopic (exact) mass is 297 g/mol. The fourth-order valence-electron chi connectivity index (χ4n) is 3.03. The summed E-state index contributed by atoms with van der Waals surface area (Å²) in [7, 11) is 0. The van der Waals surface area contributed by atoms with Gasteiger partial charge >= 0.3 is 0 Å². The molecule has 8 heteroatoms. The third kappa shape index (κ3) is 2.15. The molecule has 1 aliphatic carbocycles. The number of carbonyl (C=O) groups is 1. The fourth-order valence-corrected chi connectivity index (χ4v) is 3.03. The molecule has 1 aliphatic heterocycles. The lowest BCUT2D eigenvalue weighted by Crippen LogP contribution is -2.67. The number of carbonyl (C=O) groups excluding carboxylic acids is 1. The van der Waals surface area contributed by atoms with Crippen molar-refractivity contribution in [1.82, 2.24) is 0 Å². The van der Waals surface area contributed by atoms with Crippen LogP contribution in [0.2, 0.25) is 0 Å². The maximum atomic E-state index is 12.3. The van der Waals surface area contributed by atoms with Crippen LogP contribution >= 0.6 is 0 Å². The molecule has 1 aromatic heterocycles. The Balaban J connectivity index is 2.09. The standard InChI is InChI=1S/C13H15NO7/c1-13(2)20-11-7(6-4-3-5-19-6)8(14(17)18)9(15)12(21-13)10(11)16/h3-5,7-9,11-12,15H,1-2H3/t7-,8-,9+,11-,12+/m1/s1. The Morgan fingerprint density at radius 3 is 2.57 bits per heavy atom. The lowest BCUT2D eigenvalue weighted by atomic mass is 9.75. The molecule has 0 amide bonds. The van der Waals surface area contributed by atoms with Gasteiger partial charge < -0.3 is 19.0 Å². The molecule has 114 valence electrons. The van der Waals surface area contributed by atoms with E-state index in [-0.39, 0.29) is 5.76 Å². The average Bonchev–Trinajstić information content (AvgIpc) is 2.89. The predicted octanol–water partition coefficient (Wildman–Crippen LogP) is 0.472. The van der Waals surface area contributed by atoms with E-state index in [1.54, 1.807) is 19.9 Å². The number of Topliss-reactive ketones (excluding diaryl/α,β-unsaturated/α-hetero) is 1. The number of hydrogen-bond acceptors (Lipinski definition) is 7. The summed E-state index contributed by atoms with van der Waals surface area (Å²) in [5, 5.41) is 21.6. The molecule has 0 spiro atoms. The van der Waals surface area contributed by atoms with Crippen LogP contribution < -0.4 is 0 Å². The Kier molecular flexibility index (Phi) is 3.12. The van der Waals surface area contributed by atoms with Crippen molar-refractivity contribution in [2.75, 3.05) is 0 Å². The first-order valence-electron chi connectivity index (χ1n) is 6.56. The molecule has 2 aliphatic rings. The van der Waals surface area contributed by atoms with Crippen molar-refractivity contribution in [3.63, 3.8) is 0 Å². The summed E-state index contributed by atoms with van der Waals surface area (Å²) in [5.41, 5.74) is 0. The number of aliphatic hydroxyl groups is 1. The Bertz CT molecular complexity index is 567. The van der Waals surface area contributed by atoms with E-state index >= 15 is 0 Å². The zero-order valence-electron chi connectivity index (χ0n) is 11.5. The van der Waals surface area contributed by atoms with Gasteiger partial charge in [-0.2, -0.15) is 0 Å². The van der Waals surface area contributed by atoms with Gasteiger partial charge in [0.2, 0.25) is 0 Å². The number of ether oxygens (including phenoxy) is 2. The summed E-state index contributed by atoms with van der Waals surface area (Å²) in [6, 6.07) is 1.67. The van der Waals surface area contributed by atoms with E-state index in [4.69, 9.17) is 13.9 Å². The highest BCUT2D eigenvalue weighted by Gasteiger charge is 2.63. The zero-order valence-corrected chi connectivity index (χ0v) is 11.5. The van der Waals surface area contributed by atoms with Crippen LogP contribution in [0.3, 0.4) is 0 Å². The molecule has 1 saturated heterocycles. The first-order valence-corrected chi connectivity index (χ1v) is 6.56. The summed E-state index contributed by atoms with van der Waals surface area (Å²) in [6.45, 7) is 3.19. The van der Waals surface area contributed by atoms with Crippen LogP contribution in [0, 0.1) is 10.1 Å². The van der Waals surface area contributed by atoms with Crippen molar-refractivity contribution < 1.29 is 28.7 Å². The van der Waals surface area contributed by atoms with E-state index in [2.05, 4.69) is 0 Å². The largest absolute Gasteiger partial charge is 0.469 e. The zero-order chi connectivity index (χ0) is 15.4. The van der Waals surface area contributed by atoms with Gasteiger partial charge in [0.1, 0.15) is 17.8 Å². The molecule has 21 heavy (non-hydrogen) atoms. The summed E-state index contributed by atoms with van der Waals surface area (Å²) >= 11 is 0. The number of nitrogens with zero attached hydrogens (tertiary/aromatic N) is 1. The Morgan fingerprint density at radius 1 is 1.33 bits per heavy atom. The van der Waals surface area contributed by atoms with Gasteiger partial charge in [0.25, 0.3) is 6.04 Å². The first-order chi connectivity index (χ1) is 9.82. The number of ketones is 1. The molecule has 3 rings (SSSR count). The van der Waals surface area contributed by atoms with Crippen LogP contribution in [0.25, 0.3) is 0 Å². The minimum absolute atomic E-state index is 0.241. The molecular formula is C13H15NO7. The highest BCUT2D eigenvalue weighted by molar-refractivity contribution is 5.90. The molecular weight excluding hydrogens is 282 g/mol. The lowest BCUT2D eigenvalue weighted by Gasteiger charge is -2.47. The van der Waals surface area contributed by atoms with E-state index in [1.807, 2.05) is 0 Å². The summed E-state index contributed by atoms with van der Waals surface area (Å²) in [4.78, 5) is 23.0. The number of aliphatic hydroxyl groups excluding tert-OH is 1. The average molecular weight is 297 g/mol. The van der Waals surface area contributed by atoms with Gasteiger partial charge in [0, 0.05) is 4.92 Å². The van der Waals surface area contributed by atoms with E-state index in [0.29, 0.717) is 0 Å². The normalized spacial score (nSPS) is 38.2. The van der Waals surface area contributed by atoms with E-state index in [0.717, 1.165) is 0 Å². The molecule has 1 saturated carbocycles. The number of furan rings is 1. The molecule has 5 atom stereocenters. The smallest absolute Gasteiger partial charge is 0.254 e. The second kappa shape index (κ2) is 4.62. The molecule has 0 aromatic carbocycles. The second-order valence-electron chi connectivity index (χ2n) is 5.69. The van der Waals surface area contributed by atoms with Gasteiger partial charge in [0.05, 0.1) is 6.26 Å². The minimum atomic E-state index is -1.55. The van der Waals surface area contributed by atoms with Gasteiger partial charge in [-0.05, 0) is 26.0 Å². The van der Waals surface area contributed by atoms with E-state index in [9.17, 15) is 20.0 Å². The highest BCUT2D eigenvalue weighted by Crippen LogP contribution is 2.42. The van der Waals surface area contributed by atoms with Crippen molar-refractivity contribution in [1.29, 1.82) is 0 Å². The Labute approximate surface area is 119 Å². The van der Waals surface area contributed by atoms with Crippen molar-refractivity contribution in [3.8, 4) is 0 Å². The predicted molar refractivity (Wildman–Crippen MR) is 67.1 cm³/mol. The summed E-state index contributed by atoms with van der Waals surface area (Å²) in [5.74, 6) is -2.36. The van der Waals surface area contributed by atoms with Crippen LogP contribution in [0.5, 0.6) is 0 Å². The Hall–Kier alpha value is -1.77. The molecule has 1 N–H and O–H groups in total. The van der Waals surface area contributed by atoms with Gasteiger partial charge in [0.15, 0.2) is 23.8 Å². The molecule has 2 fully saturated rings. The second-order valence-corrected chi connectivity index (χ2v) is 5.69. The highest BCUT2D eigenvalue weighted by atomic mass is 16.7.